The van der Waals surface area contributed by atoms with Crippen LogP contribution < -0.4 is 5.43 Å². The van der Waals surface area contributed by atoms with Crippen LogP contribution >= 0.6 is 23.4 Å². The first kappa shape index (κ1) is 21.2. The van der Waals surface area contributed by atoms with Crippen molar-refractivity contribution in [2.45, 2.75) is 18.6 Å². The summed E-state index contributed by atoms with van der Waals surface area (Å²) in [5.41, 5.74) is 7.66. The number of benzene rings is 3. The molecule has 0 fully saturated rings. The minimum Gasteiger partial charge on any atom is -0.314 e. The molecule has 4 rings (SSSR count). The van der Waals surface area contributed by atoms with Crippen LogP contribution in [0.5, 0.6) is 0 Å². The lowest BCUT2D eigenvalue weighted by molar-refractivity contribution is -0.118. The molecule has 0 bridgehead atoms. The highest BCUT2D eigenvalue weighted by Crippen LogP contribution is 2.25. The molecule has 5 nitrogen and oxygen atoms in total. The predicted molar refractivity (Wildman–Crippen MR) is 128 cm³/mol. The van der Waals surface area contributed by atoms with Crippen LogP contribution in [0.1, 0.15) is 16.7 Å². The van der Waals surface area contributed by atoms with E-state index in [1.54, 1.807) is 6.07 Å². The third-order valence-electron chi connectivity index (χ3n) is 4.71. The number of halogens is 1. The highest BCUT2D eigenvalue weighted by Gasteiger charge is 2.13. The van der Waals surface area contributed by atoms with Gasteiger partial charge in [0, 0.05) is 10.6 Å². The molecule has 0 aliphatic carbocycles. The molecule has 156 valence electrons. The van der Waals surface area contributed by atoms with E-state index in [0.717, 1.165) is 21.8 Å². The van der Waals surface area contributed by atoms with Crippen LogP contribution in [0.25, 0.3) is 11.0 Å². The second-order valence-corrected chi connectivity index (χ2v) is 8.41. The summed E-state index contributed by atoms with van der Waals surface area (Å²) in [4.78, 5) is 17.0. The zero-order chi connectivity index (χ0) is 21.6. The Bertz CT molecular complexity index is 1230. The van der Waals surface area contributed by atoms with Crippen LogP contribution in [-0.2, 0) is 11.3 Å². The first-order chi connectivity index (χ1) is 15.1. The quantitative estimate of drug-likeness (QED) is 0.237. The zero-order valence-electron chi connectivity index (χ0n) is 17.0. The lowest BCUT2D eigenvalue weighted by Crippen LogP contribution is -2.20. The fourth-order valence-electron chi connectivity index (χ4n) is 3.11. The number of hydrogen-bond acceptors (Lipinski definition) is 4. The number of carbonyl (C=O) groups excluding carboxylic acids is 1. The minimum absolute atomic E-state index is 0.205. The van der Waals surface area contributed by atoms with Crippen molar-refractivity contribution < 1.29 is 4.79 Å². The number of aryl methyl sites for hydroxylation is 1. The third-order valence-corrected chi connectivity index (χ3v) is 6.03. The van der Waals surface area contributed by atoms with Gasteiger partial charge in [-0.25, -0.2) is 10.4 Å². The van der Waals surface area contributed by atoms with Crippen molar-refractivity contribution in [1.29, 1.82) is 0 Å². The first-order valence-corrected chi connectivity index (χ1v) is 11.2. The Hall–Kier alpha value is -3.09. The normalized spacial score (nSPS) is 11.3. The summed E-state index contributed by atoms with van der Waals surface area (Å²) in [6, 6.07) is 23.8. The van der Waals surface area contributed by atoms with Crippen LogP contribution in [0.2, 0.25) is 5.02 Å². The van der Waals surface area contributed by atoms with Gasteiger partial charge in [-0.3, -0.25) is 4.79 Å². The van der Waals surface area contributed by atoms with E-state index in [0.29, 0.717) is 11.6 Å². The lowest BCUT2D eigenvalue weighted by Gasteiger charge is -2.09. The Labute approximate surface area is 190 Å². The van der Waals surface area contributed by atoms with Crippen molar-refractivity contribution >= 4 is 46.5 Å². The van der Waals surface area contributed by atoms with Gasteiger partial charge in [-0.1, -0.05) is 83.5 Å². The highest BCUT2D eigenvalue weighted by atomic mass is 35.5. The number of hydrazone groups is 1. The topological polar surface area (TPSA) is 59.3 Å². The molecule has 0 unspecified atom stereocenters. The maximum absolute atomic E-state index is 12.3. The molecule has 4 aromatic rings. The van der Waals surface area contributed by atoms with Crippen molar-refractivity contribution in [3.8, 4) is 0 Å². The number of imidazole rings is 1. The fourth-order valence-corrected chi connectivity index (χ4v) is 4.10. The minimum atomic E-state index is -0.206. The molecule has 0 radical (unpaired) electrons. The second-order valence-electron chi connectivity index (χ2n) is 7.06. The van der Waals surface area contributed by atoms with Gasteiger partial charge in [0.05, 0.1) is 29.5 Å². The van der Waals surface area contributed by atoms with Gasteiger partial charge in [0.25, 0.3) is 5.91 Å². The van der Waals surface area contributed by atoms with Crippen molar-refractivity contribution in [2.75, 3.05) is 5.75 Å². The number of thioether (sulfide) groups is 1. The molecule has 0 atom stereocenters. The van der Waals surface area contributed by atoms with Gasteiger partial charge in [-0.05, 0) is 30.7 Å². The van der Waals surface area contributed by atoms with Gasteiger partial charge in [0.2, 0.25) is 0 Å². The Morgan fingerprint density at radius 2 is 1.84 bits per heavy atom. The number of amides is 1. The SMILES string of the molecule is Cc1ccc(Cn2c(SCC(=O)N/N=C/c3ccccc3Cl)nc3ccccc32)cc1. The number of nitrogens with zero attached hydrogens (tertiary/aromatic N) is 3. The van der Waals surface area contributed by atoms with Gasteiger partial charge in [0.1, 0.15) is 0 Å². The molecular formula is C24H21ClN4OS. The van der Waals surface area contributed by atoms with Gasteiger partial charge in [0.15, 0.2) is 5.16 Å². The number of carbonyl (C=O) groups is 1. The average molecular weight is 449 g/mol. The Kier molecular flexibility index (Phi) is 6.70. The van der Waals surface area contributed by atoms with Crippen molar-refractivity contribution in [3.05, 3.63) is 94.5 Å². The number of para-hydroxylation sites is 2. The molecule has 0 spiro atoms. The molecule has 3 aromatic carbocycles. The summed E-state index contributed by atoms with van der Waals surface area (Å²) in [6.45, 7) is 2.76. The monoisotopic (exact) mass is 448 g/mol. The number of nitrogens with one attached hydrogen (secondary N) is 1. The molecule has 0 aliphatic rings. The standard InChI is InChI=1S/C24H21ClN4OS/c1-17-10-12-18(13-11-17)15-29-22-9-5-4-8-21(22)27-24(29)31-16-23(30)28-26-14-19-6-2-3-7-20(19)25/h2-14H,15-16H2,1H3,(H,28,30)/b26-14+. The van der Waals surface area contributed by atoms with E-state index in [1.165, 1.54) is 29.1 Å². The number of rotatable bonds is 7. The molecule has 0 aliphatic heterocycles. The first-order valence-electron chi connectivity index (χ1n) is 9.80. The molecule has 1 amide bonds. The summed E-state index contributed by atoms with van der Waals surface area (Å²) < 4.78 is 2.14. The van der Waals surface area contributed by atoms with E-state index in [2.05, 4.69) is 52.3 Å². The Morgan fingerprint density at radius 1 is 1.10 bits per heavy atom. The van der Waals surface area contributed by atoms with Crippen LogP contribution in [0.15, 0.2) is 83.1 Å². The summed E-state index contributed by atoms with van der Waals surface area (Å²) in [5.74, 6) is -0.000816. The van der Waals surface area contributed by atoms with Crippen LogP contribution in [0.3, 0.4) is 0 Å². The van der Waals surface area contributed by atoms with Gasteiger partial charge < -0.3 is 4.57 Å². The molecule has 1 heterocycles. The number of fused-ring (bicyclic) bond motifs is 1. The van der Waals surface area contributed by atoms with Gasteiger partial charge in [-0.2, -0.15) is 5.10 Å². The molecule has 1 N–H and O–H groups in total. The van der Waals surface area contributed by atoms with E-state index in [-0.39, 0.29) is 11.7 Å². The molecular weight excluding hydrogens is 428 g/mol. The second kappa shape index (κ2) is 9.81. The van der Waals surface area contributed by atoms with Crippen LogP contribution in [-0.4, -0.2) is 27.4 Å². The van der Waals surface area contributed by atoms with Crippen molar-refractivity contribution in [2.24, 2.45) is 5.10 Å². The molecule has 7 heteroatoms. The maximum Gasteiger partial charge on any atom is 0.250 e. The zero-order valence-corrected chi connectivity index (χ0v) is 18.5. The number of hydrogen-bond donors (Lipinski definition) is 1. The van der Waals surface area contributed by atoms with E-state index >= 15 is 0 Å². The molecule has 0 saturated carbocycles. The van der Waals surface area contributed by atoms with Crippen LogP contribution in [0.4, 0.5) is 0 Å². The Balaban J connectivity index is 1.46. The summed E-state index contributed by atoms with van der Waals surface area (Å²) in [6.07, 6.45) is 1.54. The molecule has 1 aromatic heterocycles. The van der Waals surface area contributed by atoms with E-state index < -0.39 is 0 Å². The lowest BCUT2D eigenvalue weighted by atomic mass is 10.1. The third kappa shape index (κ3) is 5.34. The highest BCUT2D eigenvalue weighted by molar-refractivity contribution is 7.99. The number of aromatic nitrogens is 2. The van der Waals surface area contributed by atoms with E-state index in [4.69, 9.17) is 16.6 Å². The predicted octanol–water partition coefficient (Wildman–Crippen LogP) is 5.29. The molecule has 31 heavy (non-hydrogen) atoms. The van der Waals surface area contributed by atoms with E-state index in [1.807, 2.05) is 36.4 Å². The van der Waals surface area contributed by atoms with Crippen molar-refractivity contribution in [1.82, 2.24) is 15.0 Å². The van der Waals surface area contributed by atoms with Gasteiger partial charge >= 0.3 is 0 Å². The largest absolute Gasteiger partial charge is 0.314 e. The van der Waals surface area contributed by atoms with Crippen molar-refractivity contribution in [3.63, 3.8) is 0 Å². The maximum atomic E-state index is 12.3. The van der Waals surface area contributed by atoms with Crippen LogP contribution in [0, 0.1) is 6.92 Å². The molecule has 0 saturated heterocycles. The summed E-state index contributed by atoms with van der Waals surface area (Å²) in [7, 11) is 0. The smallest absolute Gasteiger partial charge is 0.250 e. The van der Waals surface area contributed by atoms with Gasteiger partial charge in [-0.15, -0.1) is 0 Å². The fraction of sp³-hybridized carbons (Fsp3) is 0.125. The Morgan fingerprint density at radius 3 is 2.65 bits per heavy atom. The average Bonchev–Trinajstić information content (AvgIpc) is 3.12. The summed E-state index contributed by atoms with van der Waals surface area (Å²) >= 11 is 7.49. The van der Waals surface area contributed by atoms with E-state index in [9.17, 15) is 4.79 Å². The summed E-state index contributed by atoms with van der Waals surface area (Å²) in [5, 5.41) is 5.39.